The van der Waals surface area contributed by atoms with Crippen LogP contribution in [-0.4, -0.2) is 12.9 Å². The van der Waals surface area contributed by atoms with Gasteiger partial charge >= 0.3 is 0 Å². The first kappa shape index (κ1) is 12.1. The summed E-state index contributed by atoms with van der Waals surface area (Å²) in [6, 6.07) is 5.10. The molecule has 0 spiro atoms. The van der Waals surface area contributed by atoms with Crippen LogP contribution in [0.15, 0.2) is 18.2 Å². The standard InChI is InChI=1S/C12H15ClO2/c1-9(2)5-6-15-11-4-3-10(8-14)12(13)7-11/h3-4,7-9H,5-6H2,1-2H3. The van der Waals surface area contributed by atoms with Crippen LogP contribution in [0.25, 0.3) is 0 Å². The fraction of sp³-hybridized carbons (Fsp3) is 0.417. The van der Waals surface area contributed by atoms with Crippen LogP contribution in [0.5, 0.6) is 5.75 Å². The number of aldehydes is 1. The largest absolute Gasteiger partial charge is 0.494 e. The van der Waals surface area contributed by atoms with Crippen LogP contribution in [0.3, 0.4) is 0 Å². The average Bonchev–Trinajstić information content (AvgIpc) is 2.17. The molecule has 0 N–H and O–H groups in total. The molecular formula is C12H15ClO2. The highest BCUT2D eigenvalue weighted by molar-refractivity contribution is 6.33. The Morgan fingerprint density at radius 3 is 2.73 bits per heavy atom. The molecule has 0 radical (unpaired) electrons. The van der Waals surface area contributed by atoms with E-state index >= 15 is 0 Å². The Bertz CT molecular complexity index is 334. The number of carbonyl (C=O) groups excluding carboxylic acids is 1. The van der Waals surface area contributed by atoms with Gasteiger partial charge in [-0.2, -0.15) is 0 Å². The maximum Gasteiger partial charge on any atom is 0.151 e. The molecule has 0 aliphatic carbocycles. The van der Waals surface area contributed by atoms with Gasteiger partial charge in [0.15, 0.2) is 6.29 Å². The molecule has 0 heterocycles. The predicted octanol–water partition coefficient (Wildman–Crippen LogP) is 3.58. The number of halogens is 1. The van der Waals surface area contributed by atoms with Gasteiger partial charge in [-0.1, -0.05) is 25.4 Å². The van der Waals surface area contributed by atoms with Gasteiger partial charge in [-0.05, 0) is 30.5 Å². The summed E-state index contributed by atoms with van der Waals surface area (Å²) in [4.78, 5) is 10.5. The highest BCUT2D eigenvalue weighted by atomic mass is 35.5. The number of hydrogen-bond donors (Lipinski definition) is 0. The molecule has 0 aromatic heterocycles. The van der Waals surface area contributed by atoms with Crippen LogP contribution in [0.2, 0.25) is 5.02 Å². The molecule has 3 heteroatoms. The summed E-state index contributed by atoms with van der Waals surface area (Å²) in [6.07, 6.45) is 1.74. The van der Waals surface area contributed by atoms with Crippen molar-refractivity contribution in [3.8, 4) is 5.75 Å². The molecule has 0 aliphatic heterocycles. The van der Waals surface area contributed by atoms with Gasteiger partial charge in [0.05, 0.1) is 11.6 Å². The van der Waals surface area contributed by atoms with Crippen molar-refractivity contribution < 1.29 is 9.53 Å². The van der Waals surface area contributed by atoms with E-state index in [1.54, 1.807) is 18.2 Å². The third-order valence-corrected chi connectivity index (χ3v) is 2.39. The van der Waals surface area contributed by atoms with Crippen LogP contribution in [0.1, 0.15) is 30.6 Å². The van der Waals surface area contributed by atoms with Crippen LogP contribution in [0.4, 0.5) is 0 Å². The lowest BCUT2D eigenvalue weighted by molar-refractivity contribution is 0.112. The molecule has 1 aromatic carbocycles. The zero-order chi connectivity index (χ0) is 11.3. The lowest BCUT2D eigenvalue weighted by Gasteiger charge is -2.08. The third-order valence-electron chi connectivity index (χ3n) is 2.06. The molecule has 0 atom stereocenters. The first-order valence-electron chi connectivity index (χ1n) is 5.01. The van der Waals surface area contributed by atoms with Gasteiger partial charge in [-0.25, -0.2) is 0 Å². The number of hydrogen-bond acceptors (Lipinski definition) is 2. The van der Waals surface area contributed by atoms with Crippen molar-refractivity contribution in [1.29, 1.82) is 0 Å². The topological polar surface area (TPSA) is 26.3 Å². The minimum Gasteiger partial charge on any atom is -0.494 e. The lowest BCUT2D eigenvalue weighted by atomic mass is 10.1. The number of rotatable bonds is 5. The maximum absolute atomic E-state index is 10.5. The van der Waals surface area contributed by atoms with Gasteiger partial charge in [-0.15, -0.1) is 0 Å². The lowest BCUT2D eigenvalue weighted by Crippen LogP contribution is -2.01. The van der Waals surface area contributed by atoms with Gasteiger partial charge in [-0.3, -0.25) is 4.79 Å². The van der Waals surface area contributed by atoms with Gasteiger partial charge in [0.2, 0.25) is 0 Å². The second-order valence-electron chi connectivity index (χ2n) is 3.83. The molecule has 2 nitrogen and oxygen atoms in total. The van der Waals surface area contributed by atoms with E-state index < -0.39 is 0 Å². The molecular weight excluding hydrogens is 212 g/mol. The van der Waals surface area contributed by atoms with Crippen LogP contribution >= 0.6 is 11.6 Å². The summed E-state index contributed by atoms with van der Waals surface area (Å²) < 4.78 is 5.50. The Balaban J connectivity index is 2.56. The first-order chi connectivity index (χ1) is 7.13. The Labute approximate surface area is 95.2 Å². The predicted molar refractivity (Wildman–Crippen MR) is 61.8 cm³/mol. The van der Waals surface area contributed by atoms with Gasteiger partial charge in [0.25, 0.3) is 0 Å². The minimum absolute atomic E-state index is 0.437. The molecule has 15 heavy (non-hydrogen) atoms. The van der Waals surface area contributed by atoms with Crippen molar-refractivity contribution in [1.82, 2.24) is 0 Å². The molecule has 1 aromatic rings. The van der Waals surface area contributed by atoms with Crippen molar-refractivity contribution >= 4 is 17.9 Å². The van der Waals surface area contributed by atoms with Crippen molar-refractivity contribution in [3.05, 3.63) is 28.8 Å². The van der Waals surface area contributed by atoms with Crippen LogP contribution in [-0.2, 0) is 0 Å². The van der Waals surface area contributed by atoms with Crippen molar-refractivity contribution in [2.24, 2.45) is 5.92 Å². The quantitative estimate of drug-likeness (QED) is 0.718. The summed E-state index contributed by atoms with van der Waals surface area (Å²) in [5, 5.41) is 0.437. The third kappa shape index (κ3) is 3.92. The van der Waals surface area contributed by atoms with Crippen molar-refractivity contribution in [2.45, 2.75) is 20.3 Å². The number of benzene rings is 1. The van der Waals surface area contributed by atoms with Gasteiger partial charge in [0, 0.05) is 5.56 Å². The molecule has 0 amide bonds. The zero-order valence-corrected chi connectivity index (χ0v) is 9.75. The first-order valence-corrected chi connectivity index (χ1v) is 5.39. The highest BCUT2D eigenvalue weighted by Gasteiger charge is 2.02. The fourth-order valence-electron chi connectivity index (χ4n) is 1.11. The van der Waals surface area contributed by atoms with Crippen molar-refractivity contribution in [2.75, 3.05) is 6.61 Å². The van der Waals surface area contributed by atoms with E-state index in [4.69, 9.17) is 16.3 Å². The molecule has 0 unspecified atom stereocenters. The Kier molecular flexibility index (Phi) is 4.63. The second-order valence-corrected chi connectivity index (χ2v) is 4.24. The van der Waals surface area contributed by atoms with E-state index in [2.05, 4.69) is 13.8 Å². The molecule has 0 aliphatic rings. The smallest absolute Gasteiger partial charge is 0.151 e. The van der Waals surface area contributed by atoms with E-state index in [0.717, 1.165) is 12.7 Å². The molecule has 1 rings (SSSR count). The summed E-state index contributed by atoms with van der Waals surface area (Å²) in [6.45, 7) is 4.96. The van der Waals surface area contributed by atoms with E-state index in [1.807, 2.05) is 0 Å². The van der Waals surface area contributed by atoms with E-state index in [0.29, 0.717) is 28.9 Å². The molecule has 0 bridgehead atoms. The molecule has 82 valence electrons. The molecule has 0 fully saturated rings. The fourth-order valence-corrected chi connectivity index (χ4v) is 1.32. The van der Waals surface area contributed by atoms with Crippen molar-refractivity contribution in [3.63, 3.8) is 0 Å². The summed E-state index contributed by atoms with van der Waals surface area (Å²) in [5.74, 6) is 1.33. The molecule has 0 saturated heterocycles. The van der Waals surface area contributed by atoms with Gasteiger partial charge < -0.3 is 4.74 Å². The van der Waals surface area contributed by atoms with Crippen LogP contribution < -0.4 is 4.74 Å². The zero-order valence-electron chi connectivity index (χ0n) is 9.00. The monoisotopic (exact) mass is 226 g/mol. The van der Waals surface area contributed by atoms with E-state index in [-0.39, 0.29) is 0 Å². The van der Waals surface area contributed by atoms with Gasteiger partial charge in [0.1, 0.15) is 5.75 Å². The second kappa shape index (κ2) is 5.76. The maximum atomic E-state index is 10.5. The number of ether oxygens (including phenoxy) is 1. The van der Waals surface area contributed by atoms with E-state index in [1.165, 1.54) is 0 Å². The summed E-state index contributed by atoms with van der Waals surface area (Å²) >= 11 is 5.86. The van der Waals surface area contributed by atoms with Crippen LogP contribution in [0, 0.1) is 5.92 Å². The molecule has 0 saturated carbocycles. The average molecular weight is 227 g/mol. The normalized spacial score (nSPS) is 10.4. The SMILES string of the molecule is CC(C)CCOc1ccc(C=O)c(Cl)c1. The Hall–Kier alpha value is -1.02. The van der Waals surface area contributed by atoms with E-state index in [9.17, 15) is 4.79 Å². The Morgan fingerprint density at radius 1 is 1.47 bits per heavy atom. The summed E-state index contributed by atoms with van der Waals surface area (Å²) in [5.41, 5.74) is 0.493. The summed E-state index contributed by atoms with van der Waals surface area (Å²) in [7, 11) is 0. The minimum atomic E-state index is 0.437. The highest BCUT2D eigenvalue weighted by Crippen LogP contribution is 2.21. The number of carbonyl (C=O) groups is 1. The Morgan fingerprint density at radius 2 is 2.20 bits per heavy atom.